The lowest BCUT2D eigenvalue weighted by molar-refractivity contribution is -0.139. The van der Waals surface area contributed by atoms with Crippen molar-refractivity contribution in [3.63, 3.8) is 0 Å². The number of carbonyl (C=O) groups is 2. The summed E-state index contributed by atoms with van der Waals surface area (Å²) in [6.45, 7) is 4.00. The van der Waals surface area contributed by atoms with Crippen molar-refractivity contribution in [2.45, 2.75) is 51.5 Å². The number of carboxylic acids is 1. The smallest absolute Gasteiger partial charge is 0.305 e. The van der Waals surface area contributed by atoms with Gasteiger partial charge in [-0.1, -0.05) is 12.8 Å². The van der Waals surface area contributed by atoms with E-state index in [1.165, 1.54) is 0 Å². The van der Waals surface area contributed by atoms with Gasteiger partial charge in [0.15, 0.2) is 0 Å². The SMILES string of the molecule is CC(C)(CC(=O)O)NC(=O)C1CCCCC1CN. The summed E-state index contributed by atoms with van der Waals surface area (Å²) in [7, 11) is 0. The van der Waals surface area contributed by atoms with E-state index in [9.17, 15) is 9.59 Å². The van der Waals surface area contributed by atoms with Crippen LogP contribution in [0.25, 0.3) is 0 Å². The topological polar surface area (TPSA) is 92.4 Å². The van der Waals surface area contributed by atoms with E-state index >= 15 is 0 Å². The minimum absolute atomic E-state index is 0.0450. The first-order valence-electron chi connectivity index (χ1n) is 6.59. The number of amides is 1. The Labute approximate surface area is 108 Å². The Kier molecular flexibility index (Phi) is 5.14. The molecule has 2 atom stereocenters. The zero-order valence-corrected chi connectivity index (χ0v) is 11.2. The van der Waals surface area contributed by atoms with E-state index in [1.54, 1.807) is 13.8 Å². The van der Waals surface area contributed by atoms with Gasteiger partial charge < -0.3 is 16.2 Å². The van der Waals surface area contributed by atoms with Crippen molar-refractivity contribution in [2.75, 3.05) is 6.54 Å². The van der Waals surface area contributed by atoms with Crippen molar-refractivity contribution in [3.8, 4) is 0 Å². The van der Waals surface area contributed by atoms with Crippen molar-refractivity contribution in [1.29, 1.82) is 0 Å². The third-order valence-corrected chi connectivity index (χ3v) is 3.60. The third kappa shape index (κ3) is 4.29. The number of hydrogen-bond acceptors (Lipinski definition) is 3. The Morgan fingerprint density at radius 1 is 1.33 bits per heavy atom. The van der Waals surface area contributed by atoms with Gasteiger partial charge in [0.05, 0.1) is 6.42 Å². The van der Waals surface area contributed by atoms with Crippen LogP contribution in [0.4, 0.5) is 0 Å². The maximum atomic E-state index is 12.2. The second-order valence-electron chi connectivity index (χ2n) is 5.83. The molecular formula is C13H24N2O3. The summed E-state index contributed by atoms with van der Waals surface area (Å²) in [5, 5.41) is 11.6. The number of nitrogens with two attached hydrogens (primary N) is 1. The summed E-state index contributed by atoms with van der Waals surface area (Å²) >= 11 is 0. The summed E-state index contributed by atoms with van der Waals surface area (Å²) in [5.41, 5.74) is 4.99. The summed E-state index contributed by atoms with van der Waals surface area (Å²) in [6, 6.07) is 0. The Morgan fingerprint density at radius 3 is 2.50 bits per heavy atom. The lowest BCUT2D eigenvalue weighted by Gasteiger charge is -2.33. The van der Waals surface area contributed by atoms with Gasteiger partial charge in [0.1, 0.15) is 0 Å². The fourth-order valence-electron chi connectivity index (χ4n) is 2.68. The molecule has 1 saturated carbocycles. The minimum Gasteiger partial charge on any atom is -0.481 e. The summed E-state index contributed by atoms with van der Waals surface area (Å²) in [4.78, 5) is 22.9. The summed E-state index contributed by atoms with van der Waals surface area (Å²) in [6.07, 6.45) is 3.96. The maximum Gasteiger partial charge on any atom is 0.305 e. The molecule has 1 aliphatic carbocycles. The van der Waals surface area contributed by atoms with Gasteiger partial charge >= 0.3 is 5.97 Å². The maximum absolute atomic E-state index is 12.2. The van der Waals surface area contributed by atoms with Crippen LogP contribution in [0.3, 0.4) is 0 Å². The predicted molar refractivity (Wildman–Crippen MR) is 69.0 cm³/mol. The van der Waals surface area contributed by atoms with Gasteiger partial charge in [-0.2, -0.15) is 0 Å². The Balaban J connectivity index is 2.60. The fraction of sp³-hybridized carbons (Fsp3) is 0.846. The highest BCUT2D eigenvalue weighted by Crippen LogP contribution is 2.30. The summed E-state index contributed by atoms with van der Waals surface area (Å²) < 4.78 is 0. The van der Waals surface area contributed by atoms with E-state index < -0.39 is 11.5 Å². The molecule has 18 heavy (non-hydrogen) atoms. The Morgan fingerprint density at radius 2 is 1.94 bits per heavy atom. The monoisotopic (exact) mass is 256 g/mol. The molecule has 5 heteroatoms. The molecule has 0 aromatic carbocycles. The second-order valence-corrected chi connectivity index (χ2v) is 5.83. The Bertz CT molecular complexity index is 315. The number of carbonyl (C=O) groups excluding carboxylic acids is 1. The molecule has 0 spiro atoms. The van der Waals surface area contributed by atoms with Crippen LogP contribution in [0, 0.1) is 11.8 Å². The molecule has 104 valence electrons. The fourth-order valence-corrected chi connectivity index (χ4v) is 2.68. The van der Waals surface area contributed by atoms with Gasteiger partial charge in [-0.15, -0.1) is 0 Å². The van der Waals surface area contributed by atoms with Crippen LogP contribution in [0.2, 0.25) is 0 Å². The van der Waals surface area contributed by atoms with Gasteiger partial charge in [0.25, 0.3) is 0 Å². The van der Waals surface area contributed by atoms with Gasteiger partial charge in [-0.3, -0.25) is 9.59 Å². The number of nitrogens with one attached hydrogen (secondary N) is 1. The summed E-state index contributed by atoms with van der Waals surface area (Å²) in [5.74, 6) is -0.771. The van der Waals surface area contributed by atoms with E-state index in [4.69, 9.17) is 10.8 Å². The quantitative estimate of drug-likeness (QED) is 0.687. The molecule has 4 N–H and O–H groups in total. The zero-order valence-electron chi connectivity index (χ0n) is 11.2. The molecule has 2 unspecified atom stereocenters. The van der Waals surface area contributed by atoms with E-state index in [1.807, 2.05) is 0 Å². The molecular weight excluding hydrogens is 232 g/mol. The molecule has 1 amide bonds. The van der Waals surface area contributed by atoms with E-state index in [0.717, 1.165) is 25.7 Å². The molecule has 0 aromatic rings. The van der Waals surface area contributed by atoms with Crippen LogP contribution in [0.15, 0.2) is 0 Å². The van der Waals surface area contributed by atoms with Gasteiger partial charge in [0.2, 0.25) is 5.91 Å². The van der Waals surface area contributed by atoms with Crippen LogP contribution in [-0.2, 0) is 9.59 Å². The van der Waals surface area contributed by atoms with E-state index in [-0.39, 0.29) is 24.2 Å². The second kappa shape index (κ2) is 6.18. The Hall–Kier alpha value is -1.10. The molecule has 0 heterocycles. The van der Waals surface area contributed by atoms with Gasteiger partial charge in [-0.05, 0) is 39.2 Å². The lowest BCUT2D eigenvalue weighted by Crippen LogP contribution is -2.49. The normalized spacial score (nSPS) is 24.6. The molecule has 1 rings (SSSR count). The van der Waals surface area contributed by atoms with Crippen molar-refractivity contribution < 1.29 is 14.7 Å². The number of rotatable bonds is 5. The predicted octanol–water partition coefficient (Wildman–Crippen LogP) is 1.12. The standard InChI is InChI=1S/C13H24N2O3/c1-13(2,7-11(16)17)15-12(18)10-6-4-3-5-9(10)8-14/h9-10H,3-8,14H2,1-2H3,(H,15,18)(H,16,17). The first-order valence-corrected chi connectivity index (χ1v) is 6.59. The van der Waals surface area contributed by atoms with Gasteiger partial charge in [-0.25, -0.2) is 0 Å². The van der Waals surface area contributed by atoms with Gasteiger partial charge in [0, 0.05) is 11.5 Å². The van der Waals surface area contributed by atoms with Crippen LogP contribution in [0.1, 0.15) is 46.0 Å². The molecule has 5 nitrogen and oxygen atoms in total. The molecule has 0 bridgehead atoms. The van der Waals surface area contributed by atoms with E-state index in [0.29, 0.717) is 6.54 Å². The molecule has 1 fully saturated rings. The largest absolute Gasteiger partial charge is 0.481 e. The zero-order chi connectivity index (χ0) is 13.8. The van der Waals surface area contributed by atoms with Crippen molar-refractivity contribution in [3.05, 3.63) is 0 Å². The van der Waals surface area contributed by atoms with Crippen LogP contribution in [-0.4, -0.2) is 29.1 Å². The van der Waals surface area contributed by atoms with Crippen molar-refractivity contribution in [1.82, 2.24) is 5.32 Å². The molecule has 0 radical (unpaired) electrons. The molecule has 1 aliphatic rings. The molecule has 0 aromatic heterocycles. The van der Waals surface area contributed by atoms with Crippen LogP contribution < -0.4 is 11.1 Å². The number of hydrogen-bond donors (Lipinski definition) is 3. The third-order valence-electron chi connectivity index (χ3n) is 3.60. The number of carboxylic acid groups (broad SMARTS) is 1. The molecule has 0 aliphatic heterocycles. The minimum atomic E-state index is -0.903. The first kappa shape index (κ1) is 15.0. The average Bonchev–Trinajstić information content (AvgIpc) is 2.26. The van der Waals surface area contributed by atoms with Crippen molar-refractivity contribution >= 4 is 11.9 Å². The highest BCUT2D eigenvalue weighted by molar-refractivity contribution is 5.80. The van der Waals surface area contributed by atoms with Crippen LogP contribution >= 0.6 is 0 Å². The highest BCUT2D eigenvalue weighted by Gasteiger charge is 2.33. The van der Waals surface area contributed by atoms with Crippen molar-refractivity contribution in [2.24, 2.45) is 17.6 Å². The van der Waals surface area contributed by atoms with E-state index in [2.05, 4.69) is 5.32 Å². The van der Waals surface area contributed by atoms with Crippen LogP contribution in [0.5, 0.6) is 0 Å². The number of aliphatic carboxylic acids is 1. The lowest BCUT2D eigenvalue weighted by atomic mass is 9.78. The highest BCUT2D eigenvalue weighted by atomic mass is 16.4. The average molecular weight is 256 g/mol. The molecule has 0 saturated heterocycles. The first-order chi connectivity index (χ1) is 8.35.